The molecule has 0 fully saturated rings. The van der Waals surface area contributed by atoms with Crippen LogP contribution in [0.1, 0.15) is 46.5 Å². The zero-order chi connectivity index (χ0) is 10.1. The predicted molar refractivity (Wildman–Crippen MR) is 55.5 cm³/mol. The van der Waals surface area contributed by atoms with Crippen molar-refractivity contribution in [3.8, 4) is 0 Å². The van der Waals surface area contributed by atoms with Gasteiger partial charge < -0.3 is 9.84 Å². The van der Waals surface area contributed by atoms with Crippen LogP contribution in [0, 0.1) is 0 Å². The second-order valence-electron chi connectivity index (χ2n) is 3.28. The maximum absolute atomic E-state index is 9.22. The highest BCUT2D eigenvalue weighted by atomic mass is 16.5. The summed E-state index contributed by atoms with van der Waals surface area (Å²) in [6.07, 6.45) is 6.15. The summed E-state index contributed by atoms with van der Waals surface area (Å²) in [7, 11) is 0. The Labute approximate surface area is 81.6 Å². The van der Waals surface area contributed by atoms with Crippen LogP contribution in [0.15, 0.2) is 11.8 Å². The fourth-order valence-corrected chi connectivity index (χ4v) is 1.16. The van der Waals surface area contributed by atoms with E-state index < -0.39 is 6.10 Å². The van der Waals surface area contributed by atoms with E-state index in [-0.39, 0.29) is 0 Å². The van der Waals surface area contributed by atoms with Crippen LogP contribution in [-0.4, -0.2) is 17.8 Å². The standard InChI is InChI=1S/C11H22O2/c1-4-6-7-8-9-13-11(5-2)10(3)12/h5,10,12H,4,6-9H2,1-3H3. The molecule has 0 aromatic heterocycles. The Kier molecular flexibility index (Phi) is 7.80. The van der Waals surface area contributed by atoms with Crippen LogP contribution in [0.3, 0.4) is 0 Å². The molecule has 1 atom stereocenters. The summed E-state index contributed by atoms with van der Waals surface area (Å²) in [5, 5.41) is 9.22. The first-order valence-corrected chi connectivity index (χ1v) is 5.19. The van der Waals surface area contributed by atoms with E-state index in [1.54, 1.807) is 6.92 Å². The third kappa shape index (κ3) is 6.64. The zero-order valence-electron chi connectivity index (χ0n) is 9.05. The minimum absolute atomic E-state index is 0.476. The Hall–Kier alpha value is -0.500. The Morgan fingerprint density at radius 2 is 2.08 bits per heavy atom. The predicted octanol–water partition coefficient (Wildman–Crippen LogP) is 2.87. The van der Waals surface area contributed by atoms with E-state index in [0.717, 1.165) is 13.0 Å². The van der Waals surface area contributed by atoms with Gasteiger partial charge in [-0.05, 0) is 26.3 Å². The Morgan fingerprint density at radius 3 is 2.54 bits per heavy atom. The van der Waals surface area contributed by atoms with Crippen molar-refractivity contribution in [3.05, 3.63) is 11.8 Å². The fraction of sp³-hybridized carbons (Fsp3) is 0.818. The van der Waals surface area contributed by atoms with Crippen LogP contribution in [-0.2, 0) is 4.74 Å². The van der Waals surface area contributed by atoms with Gasteiger partial charge in [-0.2, -0.15) is 0 Å². The van der Waals surface area contributed by atoms with E-state index in [1.165, 1.54) is 19.3 Å². The highest BCUT2D eigenvalue weighted by Gasteiger charge is 2.03. The van der Waals surface area contributed by atoms with E-state index in [1.807, 2.05) is 13.0 Å². The van der Waals surface area contributed by atoms with Gasteiger partial charge in [0.25, 0.3) is 0 Å². The monoisotopic (exact) mass is 186 g/mol. The van der Waals surface area contributed by atoms with Crippen molar-refractivity contribution in [3.63, 3.8) is 0 Å². The van der Waals surface area contributed by atoms with Gasteiger partial charge in [0.2, 0.25) is 0 Å². The molecule has 0 saturated heterocycles. The molecule has 2 heteroatoms. The lowest BCUT2D eigenvalue weighted by Crippen LogP contribution is -2.08. The smallest absolute Gasteiger partial charge is 0.120 e. The third-order valence-corrected chi connectivity index (χ3v) is 1.96. The molecule has 13 heavy (non-hydrogen) atoms. The summed E-state index contributed by atoms with van der Waals surface area (Å²) in [5.41, 5.74) is 0. The Bertz CT molecular complexity index is 139. The van der Waals surface area contributed by atoms with Crippen LogP contribution in [0.4, 0.5) is 0 Å². The van der Waals surface area contributed by atoms with Gasteiger partial charge in [-0.1, -0.05) is 26.2 Å². The van der Waals surface area contributed by atoms with Crippen LogP contribution in [0.25, 0.3) is 0 Å². The first-order valence-electron chi connectivity index (χ1n) is 5.19. The molecule has 0 saturated carbocycles. The summed E-state index contributed by atoms with van der Waals surface area (Å²) in [5.74, 6) is 0.691. The first-order chi connectivity index (χ1) is 6.22. The van der Waals surface area contributed by atoms with Crippen molar-refractivity contribution in [2.24, 2.45) is 0 Å². The summed E-state index contributed by atoms with van der Waals surface area (Å²) < 4.78 is 5.41. The molecule has 0 aromatic carbocycles. The largest absolute Gasteiger partial charge is 0.496 e. The number of unbranched alkanes of at least 4 members (excludes halogenated alkanes) is 3. The van der Waals surface area contributed by atoms with Gasteiger partial charge in [-0.3, -0.25) is 0 Å². The molecule has 0 bridgehead atoms. The van der Waals surface area contributed by atoms with Crippen molar-refractivity contribution in [1.82, 2.24) is 0 Å². The van der Waals surface area contributed by atoms with Gasteiger partial charge >= 0.3 is 0 Å². The molecule has 0 aromatic rings. The van der Waals surface area contributed by atoms with E-state index >= 15 is 0 Å². The number of hydrogen-bond donors (Lipinski definition) is 1. The van der Waals surface area contributed by atoms with Gasteiger partial charge in [0.15, 0.2) is 0 Å². The molecule has 1 unspecified atom stereocenters. The van der Waals surface area contributed by atoms with Gasteiger partial charge in [0.05, 0.1) is 6.61 Å². The second-order valence-corrected chi connectivity index (χ2v) is 3.28. The number of aliphatic hydroxyl groups excluding tert-OH is 1. The molecular formula is C11H22O2. The average molecular weight is 186 g/mol. The van der Waals surface area contributed by atoms with E-state index in [2.05, 4.69) is 6.92 Å². The molecule has 0 aliphatic rings. The zero-order valence-corrected chi connectivity index (χ0v) is 9.05. The molecule has 0 rings (SSSR count). The highest BCUT2D eigenvalue weighted by molar-refractivity contribution is 4.95. The second kappa shape index (κ2) is 8.11. The van der Waals surface area contributed by atoms with Gasteiger partial charge in [0.1, 0.15) is 11.9 Å². The van der Waals surface area contributed by atoms with Crippen LogP contribution in [0.5, 0.6) is 0 Å². The molecule has 0 aliphatic heterocycles. The quantitative estimate of drug-likeness (QED) is 0.489. The van der Waals surface area contributed by atoms with E-state index in [0.29, 0.717) is 5.76 Å². The van der Waals surface area contributed by atoms with Crippen molar-refractivity contribution < 1.29 is 9.84 Å². The summed E-state index contributed by atoms with van der Waals surface area (Å²) in [4.78, 5) is 0. The first kappa shape index (κ1) is 12.5. The highest BCUT2D eigenvalue weighted by Crippen LogP contribution is 2.06. The van der Waals surface area contributed by atoms with Gasteiger partial charge in [0, 0.05) is 0 Å². The number of rotatable bonds is 7. The van der Waals surface area contributed by atoms with Crippen LogP contribution >= 0.6 is 0 Å². The van der Waals surface area contributed by atoms with Crippen molar-refractivity contribution in [2.75, 3.05) is 6.61 Å². The van der Waals surface area contributed by atoms with Gasteiger partial charge in [-0.25, -0.2) is 0 Å². The molecule has 0 amide bonds. The molecular weight excluding hydrogens is 164 g/mol. The minimum atomic E-state index is -0.476. The fourth-order valence-electron chi connectivity index (χ4n) is 1.16. The number of aliphatic hydroxyl groups is 1. The van der Waals surface area contributed by atoms with Crippen molar-refractivity contribution >= 4 is 0 Å². The van der Waals surface area contributed by atoms with Crippen LogP contribution in [0.2, 0.25) is 0 Å². The van der Waals surface area contributed by atoms with Gasteiger partial charge in [-0.15, -0.1) is 0 Å². The van der Waals surface area contributed by atoms with Crippen molar-refractivity contribution in [2.45, 2.75) is 52.6 Å². The summed E-state index contributed by atoms with van der Waals surface area (Å²) in [6, 6.07) is 0. The molecule has 0 aliphatic carbocycles. The molecule has 2 nitrogen and oxygen atoms in total. The molecule has 0 radical (unpaired) electrons. The lowest BCUT2D eigenvalue weighted by atomic mass is 10.2. The maximum atomic E-state index is 9.22. The molecule has 0 spiro atoms. The van der Waals surface area contributed by atoms with Crippen LogP contribution < -0.4 is 0 Å². The maximum Gasteiger partial charge on any atom is 0.120 e. The third-order valence-electron chi connectivity index (χ3n) is 1.96. The Morgan fingerprint density at radius 1 is 1.38 bits per heavy atom. The minimum Gasteiger partial charge on any atom is -0.496 e. The topological polar surface area (TPSA) is 29.5 Å². The Balaban J connectivity index is 3.40. The van der Waals surface area contributed by atoms with Crippen molar-refractivity contribution in [1.29, 1.82) is 0 Å². The summed E-state index contributed by atoms with van der Waals surface area (Å²) >= 11 is 0. The molecule has 0 heterocycles. The number of ether oxygens (including phenoxy) is 1. The SMILES string of the molecule is CC=C(OCCCCCC)C(C)O. The van der Waals surface area contributed by atoms with E-state index in [9.17, 15) is 5.11 Å². The lowest BCUT2D eigenvalue weighted by molar-refractivity contribution is 0.110. The lowest BCUT2D eigenvalue weighted by Gasteiger charge is -2.11. The number of hydrogen-bond acceptors (Lipinski definition) is 2. The normalized spacial score (nSPS) is 14.3. The molecule has 1 N–H and O–H groups in total. The molecule has 78 valence electrons. The van der Waals surface area contributed by atoms with E-state index in [4.69, 9.17) is 4.74 Å². The number of allylic oxidation sites excluding steroid dienone is 1. The average Bonchev–Trinajstić information content (AvgIpc) is 2.10. The summed E-state index contributed by atoms with van der Waals surface area (Å²) in [6.45, 7) is 6.52.